The number of nitrogens with zero attached hydrogens (tertiary/aromatic N) is 7. The fourth-order valence-electron chi connectivity index (χ4n) is 2.66. The Morgan fingerprint density at radius 1 is 1.24 bits per heavy atom. The number of aryl methyl sites for hydroxylation is 2. The molecule has 0 N–H and O–H groups in total. The summed E-state index contributed by atoms with van der Waals surface area (Å²) in [6, 6.07) is 5.38. The predicted molar refractivity (Wildman–Crippen MR) is 88.1 cm³/mol. The standard InChI is InChI=1S/C16H15N7O2/c1-10-13(16(22(2)20-10)23-8-4-6-18-23)15-19-14(21-25-15)11-5-7-17-12(9-11)24-3/h4-9H,1-3H3. The van der Waals surface area contributed by atoms with E-state index in [1.54, 1.807) is 41.0 Å². The van der Waals surface area contributed by atoms with E-state index in [4.69, 9.17) is 9.26 Å². The molecule has 0 atom stereocenters. The Hall–Kier alpha value is -3.49. The summed E-state index contributed by atoms with van der Waals surface area (Å²) in [6.45, 7) is 1.89. The van der Waals surface area contributed by atoms with E-state index in [1.165, 1.54) is 0 Å². The van der Waals surface area contributed by atoms with Gasteiger partial charge in [0.05, 0.1) is 12.8 Å². The van der Waals surface area contributed by atoms with Crippen molar-refractivity contribution in [2.24, 2.45) is 7.05 Å². The fraction of sp³-hybridized carbons (Fsp3) is 0.188. The van der Waals surface area contributed by atoms with Gasteiger partial charge in [-0.05, 0) is 19.1 Å². The van der Waals surface area contributed by atoms with Crippen molar-refractivity contribution in [2.45, 2.75) is 6.92 Å². The molecular weight excluding hydrogens is 322 g/mol. The van der Waals surface area contributed by atoms with Crippen LogP contribution in [0.5, 0.6) is 5.88 Å². The van der Waals surface area contributed by atoms with Crippen molar-refractivity contribution >= 4 is 0 Å². The third kappa shape index (κ3) is 2.55. The fourth-order valence-corrected chi connectivity index (χ4v) is 2.66. The molecule has 0 aliphatic rings. The van der Waals surface area contributed by atoms with Crippen LogP contribution in [0, 0.1) is 6.92 Å². The number of rotatable bonds is 4. The van der Waals surface area contributed by atoms with Gasteiger partial charge in [-0.25, -0.2) is 14.3 Å². The molecule has 0 spiro atoms. The molecule has 4 aromatic heterocycles. The van der Waals surface area contributed by atoms with Gasteiger partial charge in [0.2, 0.25) is 11.7 Å². The second kappa shape index (κ2) is 5.86. The van der Waals surface area contributed by atoms with Crippen LogP contribution in [-0.4, -0.2) is 41.8 Å². The highest BCUT2D eigenvalue weighted by molar-refractivity contribution is 5.68. The molecule has 0 aromatic carbocycles. The quantitative estimate of drug-likeness (QED) is 0.562. The van der Waals surface area contributed by atoms with Crippen molar-refractivity contribution in [1.82, 2.24) is 34.7 Å². The Bertz CT molecular complexity index is 1020. The van der Waals surface area contributed by atoms with Gasteiger partial charge >= 0.3 is 0 Å². The van der Waals surface area contributed by atoms with E-state index in [9.17, 15) is 0 Å². The molecule has 0 unspecified atom stereocenters. The molecule has 9 heteroatoms. The van der Waals surface area contributed by atoms with Crippen LogP contribution in [-0.2, 0) is 7.05 Å². The lowest BCUT2D eigenvalue weighted by atomic mass is 10.2. The molecule has 0 bridgehead atoms. The molecule has 0 aliphatic heterocycles. The summed E-state index contributed by atoms with van der Waals surface area (Å²) in [5, 5.41) is 12.8. The third-order valence-corrected chi connectivity index (χ3v) is 3.76. The highest BCUT2D eigenvalue weighted by atomic mass is 16.5. The van der Waals surface area contributed by atoms with Crippen LogP contribution in [0.25, 0.3) is 28.7 Å². The van der Waals surface area contributed by atoms with E-state index in [0.29, 0.717) is 17.6 Å². The van der Waals surface area contributed by atoms with Crippen LogP contribution in [0.1, 0.15) is 5.69 Å². The van der Waals surface area contributed by atoms with E-state index >= 15 is 0 Å². The topological polar surface area (TPSA) is 96.7 Å². The van der Waals surface area contributed by atoms with Crippen LogP contribution in [0.4, 0.5) is 0 Å². The molecule has 4 aromatic rings. The van der Waals surface area contributed by atoms with Crippen molar-refractivity contribution in [3.05, 3.63) is 42.5 Å². The van der Waals surface area contributed by atoms with Crippen LogP contribution in [0.2, 0.25) is 0 Å². The Kier molecular flexibility index (Phi) is 3.53. The summed E-state index contributed by atoms with van der Waals surface area (Å²) in [6.07, 6.45) is 5.17. The summed E-state index contributed by atoms with van der Waals surface area (Å²) >= 11 is 0. The average Bonchev–Trinajstić information content (AvgIpc) is 3.34. The molecule has 25 heavy (non-hydrogen) atoms. The molecule has 0 amide bonds. The van der Waals surface area contributed by atoms with Gasteiger partial charge in [0.15, 0.2) is 5.82 Å². The van der Waals surface area contributed by atoms with E-state index in [0.717, 1.165) is 22.6 Å². The van der Waals surface area contributed by atoms with Gasteiger partial charge in [0, 0.05) is 37.3 Å². The molecule has 4 heterocycles. The summed E-state index contributed by atoms with van der Waals surface area (Å²) in [5.74, 6) is 2.07. The molecule has 0 saturated heterocycles. The zero-order valence-corrected chi connectivity index (χ0v) is 13.9. The normalized spacial score (nSPS) is 11.0. The zero-order chi connectivity index (χ0) is 17.4. The van der Waals surface area contributed by atoms with Gasteiger partial charge in [0.1, 0.15) is 5.56 Å². The van der Waals surface area contributed by atoms with E-state index in [-0.39, 0.29) is 0 Å². The maximum Gasteiger partial charge on any atom is 0.263 e. The Morgan fingerprint density at radius 2 is 2.12 bits per heavy atom. The van der Waals surface area contributed by atoms with Crippen LogP contribution in [0.3, 0.4) is 0 Å². The maximum absolute atomic E-state index is 5.49. The lowest BCUT2D eigenvalue weighted by Crippen LogP contribution is -2.04. The molecule has 9 nitrogen and oxygen atoms in total. The van der Waals surface area contributed by atoms with Crippen molar-refractivity contribution in [2.75, 3.05) is 7.11 Å². The molecular formula is C16H15N7O2. The van der Waals surface area contributed by atoms with Crippen LogP contribution < -0.4 is 4.74 Å². The second-order valence-corrected chi connectivity index (χ2v) is 5.37. The first-order valence-corrected chi connectivity index (χ1v) is 7.55. The maximum atomic E-state index is 5.49. The summed E-state index contributed by atoms with van der Waals surface area (Å²) < 4.78 is 14.1. The number of hydrogen-bond acceptors (Lipinski definition) is 7. The lowest BCUT2D eigenvalue weighted by Gasteiger charge is -2.03. The van der Waals surface area contributed by atoms with Crippen molar-refractivity contribution < 1.29 is 9.26 Å². The summed E-state index contributed by atoms with van der Waals surface area (Å²) in [5.41, 5.74) is 2.27. The number of ether oxygens (including phenoxy) is 1. The van der Waals surface area contributed by atoms with Crippen molar-refractivity contribution in [3.8, 4) is 34.5 Å². The van der Waals surface area contributed by atoms with E-state index in [2.05, 4.69) is 25.3 Å². The first-order chi connectivity index (χ1) is 12.2. The minimum Gasteiger partial charge on any atom is -0.481 e. The van der Waals surface area contributed by atoms with Crippen molar-refractivity contribution in [3.63, 3.8) is 0 Å². The first kappa shape index (κ1) is 15.1. The highest BCUT2D eigenvalue weighted by Crippen LogP contribution is 2.30. The number of aromatic nitrogens is 7. The molecule has 0 aliphatic carbocycles. The number of hydrogen-bond donors (Lipinski definition) is 0. The molecule has 0 fully saturated rings. The van der Waals surface area contributed by atoms with E-state index < -0.39 is 0 Å². The molecule has 126 valence electrons. The monoisotopic (exact) mass is 337 g/mol. The van der Waals surface area contributed by atoms with Gasteiger partial charge in [-0.1, -0.05) is 5.16 Å². The molecule has 0 radical (unpaired) electrons. The first-order valence-electron chi connectivity index (χ1n) is 7.55. The number of pyridine rings is 1. The van der Waals surface area contributed by atoms with Gasteiger partial charge in [-0.2, -0.15) is 15.2 Å². The Labute approximate surface area is 142 Å². The zero-order valence-electron chi connectivity index (χ0n) is 13.9. The minimum absolute atomic E-state index is 0.377. The Balaban J connectivity index is 1.81. The Morgan fingerprint density at radius 3 is 2.88 bits per heavy atom. The third-order valence-electron chi connectivity index (χ3n) is 3.76. The second-order valence-electron chi connectivity index (χ2n) is 5.37. The minimum atomic E-state index is 0.377. The molecule has 0 saturated carbocycles. The van der Waals surface area contributed by atoms with Gasteiger partial charge in [0.25, 0.3) is 5.89 Å². The summed E-state index contributed by atoms with van der Waals surface area (Å²) in [7, 11) is 3.40. The lowest BCUT2D eigenvalue weighted by molar-refractivity contribution is 0.398. The average molecular weight is 337 g/mol. The predicted octanol–water partition coefficient (Wildman–Crippen LogP) is 2.03. The van der Waals surface area contributed by atoms with Gasteiger partial charge in [-0.3, -0.25) is 0 Å². The number of methoxy groups -OCH3 is 1. The van der Waals surface area contributed by atoms with Gasteiger partial charge in [-0.15, -0.1) is 0 Å². The van der Waals surface area contributed by atoms with Crippen molar-refractivity contribution in [1.29, 1.82) is 0 Å². The van der Waals surface area contributed by atoms with E-state index in [1.807, 2.05) is 26.2 Å². The largest absolute Gasteiger partial charge is 0.481 e. The SMILES string of the molecule is COc1cc(-c2noc(-c3c(C)nn(C)c3-n3cccn3)n2)ccn1. The smallest absolute Gasteiger partial charge is 0.263 e. The van der Waals surface area contributed by atoms with Gasteiger partial charge < -0.3 is 9.26 Å². The van der Waals surface area contributed by atoms with Crippen LogP contribution >= 0.6 is 0 Å². The van der Waals surface area contributed by atoms with Crippen LogP contribution in [0.15, 0.2) is 41.3 Å². The highest BCUT2D eigenvalue weighted by Gasteiger charge is 2.23. The summed E-state index contributed by atoms with van der Waals surface area (Å²) in [4.78, 5) is 8.60. The molecule has 4 rings (SSSR count).